The summed E-state index contributed by atoms with van der Waals surface area (Å²) in [6.45, 7) is 0. The van der Waals surface area contributed by atoms with E-state index in [0.29, 0.717) is 21.6 Å². The molecule has 0 bridgehead atoms. The molecule has 0 radical (unpaired) electrons. The molecule has 2 nitrogen and oxygen atoms in total. The van der Waals surface area contributed by atoms with Crippen LogP contribution in [0.25, 0.3) is 0 Å². The van der Waals surface area contributed by atoms with E-state index in [1.54, 1.807) is 47.8 Å². The van der Waals surface area contributed by atoms with E-state index in [2.05, 4.69) is 0 Å². The SMILES string of the molecule is O=S(=O)(c1ccc(SCCCl)cc1)c1ccc(SCCCl)cc1. The lowest BCUT2D eigenvalue weighted by atomic mass is 10.4. The summed E-state index contributed by atoms with van der Waals surface area (Å²) in [5, 5.41) is 0. The highest BCUT2D eigenvalue weighted by Gasteiger charge is 2.17. The van der Waals surface area contributed by atoms with Crippen LogP contribution in [0, 0.1) is 0 Å². The second-order valence-electron chi connectivity index (χ2n) is 4.52. The largest absolute Gasteiger partial charge is 0.219 e. The van der Waals surface area contributed by atoms with Gasteiger partial charge >= 0.3 is 0 Å². The Bertz CT molecular complexity index is 656. The first-order chi connectivity index (χ1) is 11.1. The topological polar surface area (TPSA) is 34.1 Å². The smallest absolute Gasteiger partial charge is 0.206 e. The molecule has 7 heteroatoms. The highest BCUT2D eigenvalue weighted by Crippen LogP contribution is 2.26. The quantitative estimate of drug-likeness (QED) is 0.446. The van der Waals surface area contributed by atoms with Crippen LogP contribution < -0.4 is 0 Å². The molecule has 0 fully saturated rings. The van der Waals surface area contributed by atoms with Crippen molar-refractivity contribution in [2.45, 2.75) is 19.6 Å². The van der Waals surface area contributed by atoms with Gasteiger partial charge in [-0.15, -0.1) is 46.7 Å². The van der Waals surface area contributed by atoms with Gasteiger partial charge in [0.05, 0.1) is 9.79 Å². The first-order valence-corrected chi connectivity index (χ1v) is 11.4. The Morgan fingerprint density at radius 1 is 0.696 bits per heavy atom. The Hall–Kier alpha value is -0.330. The number of sulfone groups is 1. The molecule has 0 aliphatic carbocycles. The molecule has 2 rings (SSSR count). The molecule has 0 atom stereocenters. The van der Waals surface area contributed by atoms with Crippen LogP contribution in [-0.4, -0.2) is 31.7 Å². The molecule has 0 spiro atoms. The molecular formula is C16H16Cl2O2S3. The van der Waals surface area contributed by atoms with Gasteiger partial charge in [-0.1, -0.05) is 0 Å². The first-order valence-electron chi connectivity index (χ1n) is 6.90. The van der Waals surface area contributed by atoms with Gasteiger partial charge in [0, 0.05) is 33.1 Å². The van der Waals surface area contributed by atoms with E-state index in [0.717, 1.165) is 21.3 Å². The first kappa shape index (κ1) is 19.0. The Morgan fingerprint density at radius 2 is 1.04 bits per heavy atom. The lowest BCUT2D eigenvalue weighted by Crippen LogP contribution is -2.01. The van der Waals surface area contributed by atoms with Gasteiger partial charge < -0.3 is 0 Å². The fourth-order valence-corrected chi connectivity index (χ4v) is 4.89. The lowest BCUT2D eigenvalue weighted by molar-refractivity contribution is 0.596. The average Bonchev–Trinajstić information content (AvgIpc) is 2.59. The third kappa shape index (κ3) is 5.33. The van der Waals surface area contributed by atoms with Crippen molar-refractivity contribution in [3.8, 4) is 0 Å². The third-order valence-corrected chi connectivity index (χ3v) is 7.60. The molecule has 0 aliphatic heterocycles. The minimum Gasteiger partial charge on any atom is -0.219 e. The van der Waals surface area contributed by atoms with E-state index < -0.39 is 9.84 Å². The number of hydrogen-bond acceptors (Lipinski definition) is 4. The Labute approximate surface area is 155 Å². The van der Waals surface area contributed by atoms with Crippen LogP contribution >= 0.6 is 46.7 Å². The monoisotopic (exact) mass is 406 g/mol. The van der Waals surface area contributed by atoms with Crippen molar-refractivity contribution in [2.75, 3.05) is 23.3 Å². The van der Waals surface area contributed by atoms with Crippen LogP contribution in [0.3, 0.4) is 0 Å². The Balaban J connectivity index is 2.17. The Kier molecular flexibility index (Phi) is 7.63. The third-order valence-electron chi connectivity index (χ3n) is 2.96. The van der Waals surface area contributed by atoms with Gasteiger partial charge in [0.2, 0.25) is 9.84 Å². The molecule has 2 aromatic carbocycles. The minimum absolute atomic E-state index is 0.300. The molecule has 0 aliphatic rings. The molecule has 23 heavy (non-hydrogen) atoms. The van der Waals surface area contributed by atoms with Gasteiger partial charge in [0.25, 0.3) is 0 Å². The fraction of sp³-hybridized carbons (Fsp3) is 0.250. The molecule has 0 amide bonds. The van der Waals surface area contributed by atoms with E-state index in [9.17, 15) is 8.42 Å². The molecule has 0 aromatic heterocycles. The maximum Gasteiger partial charge on any atom is 0.206 e. The second-order valence-corrected chi connectivity index (χ2v) is 9.56. The zero-order valence-corrected chi connectivity index (χ0v) is 16.2. The summed E-state index contributed by atoms with van der Waals surface area (Å²) in [7, 11) is -3.48. The highest BCUT2D eigenvalue weighted by molar-refractivity contribution is 7.99. The molecule has 0 heterocycles. The Morgan fingerprint density at radius 3 is 1.35 bits per heavy atom. The summed E-state index contributed by atoms with van der Waals surface area (Å²) < 4.78 is 25.3. The summed E-state index contributed by atoms with van der Waals surface area (Å²) >= 11 is 14.5. The predicted octanol–water partition coefficient (Wildman–Crippen LogP) is 5.18. The molecule has 0 N–H and O–H groups in total. The molecule has 0 unspecified atom stereocenters. The lowest BCUT2D eigenvalue weighted by Gasteiger charge is -2.07. The maximum atomic E-state index is 12.6. The molecule has 0 saturated carbocycles. The zero-order chi connectivity index (χ0) is 16.7. The number of halogens is 2. The van der Waals surface area contributed by atoms with Gasteiger partial charge in [-0.25, -0.2) is 8.42 Å². The number of benzene rings is 2. The van der Waals surface area contributed by atoms with Crippen molar-refractivity contribution in [1.82, 2.24) is 0 Å². The molecular weight excluding hydrogens is 391 g/mol. The second kappa shape index (κ2) is 9.23. The average molecular weight is 407 g/mol. The van der Waals surface area contributed by atoms with Crippen molar-refractivity contribution in [3.05, 3.63) is 48.5 Å². The molecule has 124 valence electrons. The van der Waals surface area contributed by atoms with Crippen molar-refractivity contribution in [3.63, 3.8) is 0 Å². The van der Waals surface area contributed by atoms with Crippen LogP contribution in [-0.2, 0) is 9.84 Å². The van der Waals surface area contributed by atoms with E-state index >= 15 is 0 Å². The van der Waals surface area contributed by atoms with Crippen LogP contribution in [0.15, 0.2) is 68.1 Å². The van der Waals surface area contributed by atoms with Gasteiger partial charge in [-0.3, -0.25) is 0 Å². The number of alkyl halides is 2. The van der Waals surface area contributed by atoms with Gasteiger partial charge in [0.1, 0.15) is 0 Å². The molecule has 0 saturated heterocycles. The van der Waals surface area contributed by atoms with Crippen molar-refractivity contribution in [2.24, 2.45) is 0 Å². The summed E-state index contributed by atoms with van der Waals surface area (Å²) in [5.41, 5.74) is 0. The van der Waals surface area contributed by atoms with E-state index in [1.807, 2.05) is 24.3 Å². The summed E-state index contributed by atoms with van der Waals surface area (Å²) in [6, 6.07) is 13.8. The number of rotatable bonds is 8. The fourth-order valence-electron chi connectivity index (χ4n) is 1.88. The van der Waals surface area contributed by atoms with Gasteiger partial charge in [-0.05, 0) is 48.5 Å². The van der Waals surface area contributed by atoms with Crippen molar-refractivity contribution in [1.29, 1.82) is 0 Å². The molecule has 2 aromatic rings. The van der Waals surface area contributed by atoms with Crippen LogP contribution in [0.1, 0.15) is 0 Å². The van der Waals surface area contributed by atoms with Crippen LogP contribution in [0.2, 0.25) is 0 Å². The standard InChI is InChI=1S/C16H16Cl2O2S3/c17-9-11-21-13-1-5-15(6-2-13)23(19,20)16-7-3-14(4-8-16)22-12-10-18/h1-8H,9-12H2. The van der Waals surface area contributed by atoms with Gasteiger partial charge in [0.15, 0.2) is 0 Å². The van der Waals surface area contributed by atoms with E-state index in [-0.39, 0.29) is 0 Å². The maximum absolute atomic E-state index is 12.6. The van der Waals surface area contributed by atoms with E-state index in [4.69, 9.17) is 23.2 Å². The van der Waals surface area contributed by atoms with Crippen LogP contribution in [0.4, 0.5) is 0 Å². The number of hydrogen-bond donors (Lipinski definition) is 0. The predicted molar refractivity (Wildman–Crippen MR) is 101 cm³/mol. The van der Waals surface area contributed by atoms with E-state index in [1.165, 1.54) is 0 Å². The van der Waals surface area contributed by atoms with Gasteiger partial charge in [-0.2, -0.15) is 0 Å². The zero-order valence-electron chi connectivity index (χ0n) is 12.2. The minimum atomic E-state index is -3.48. The van der Waals surface area contributed by atoms with Crippen LogP contribution in [0.5, 0.6) is 0 Å². The summed E-state index contributed by atoms with van der Waals surface area (Å²) in [4.78, 5) is 2.62. The highest BCUT2D eigenvalue weighted by atomic mass is 35.5. The van der Waals surface area contributed by atoms with Crippen molar-refractivity contribution >= 4 is 56.6 Å². The summed E-state index contributed by atoms with van der Waals surface area (Å²) in [5.74, 6) is 2.74. The summed E-state index contributed by atoms with van der Waals surface area (Å²) in [6.07, 6.45) is 0. The van der Waals surface area contributed by atoms with Crippen molar-refractivity contribution < 1.29 is 8.42 Å². The normalized spacial score (nSPS) is 11.6. The number of thioether (sulfide) groups is 2.